The average Bonchev–Trinajstić information content (AvgIpc) is 3.49. The molecule has 0 radical (unpaired) electrons. The molecule has 3 heterocycles. The third-order valence-electron chi connectivity index (χ3n) is 5.66. The minimum Gasteiger partial charge on any atom is -0.494 e. The summed E-state index contributed by atoms with van der Waals surface area (Å²) in [6, 6.07) is 9.17. The molecule has 11 heteroatoms. The zero-order chi connectivity index (χ0) is 24.1. The van der Waals surface area contributed by atoms with Crippen molar-refractivity contribution in [1.29, 1.82) is 0 Å². The van der Waals surface area contributed by atoms with Gasteiger partial charge in [-0.15, -0.1) is 11.3 Å². The van der Waals surface area contributed by atoms with Crippen molar-refractivity contribution in [3.8, 4) is 5.75 Å². The van der Waals surface area contributed by atoms with Crippen molar-refractivity contribution in [3.63, 3.8) is 0 Å². The molecule has 0 aliphatic carbocycles. The largest absolute Gasteiger partial charge is 0.494 e. The highest BCUT2D eigenvalue weighted by Crippen LogP contribution is 2.27. The molecule has 1 saturated heterocycles. The second-order valence-corrected chi connectivity index (χ2v) is 12.0. The first-order valence-corrected chi connectivity index (χ1v) is 14.5. The fourth-order valence-electron chi connectivity index (χ4n) is 4.00. The Balaban J connectivity index is 1.62. The summed E-state index contributed by atoms with van der Waals surface area (Å²) in [7, 11) is -3.59. The first-order chi connectivity index (χ1) is 16.4. The summed E-state index contributed by atoms with van der Waals surface area (Å²) in [5, 5.41) is 1.74. The van der Waals surface area contributed by atoms with Crippen LogP contribution in [0, 0.1) is 5.92 Å². The molecular formula is C23H29N3O5S3. The second kappa shape index (κ2) is 11.1. The standard InChI is InChI=1S/C23H29N3O5S3/c1-3-30-13-12-26-19-10-9-18(31-4-2)15-20(19)33-23(26)24-22(27)17-7-5-11-25(16-17)34(28,29)21-8-6-14-32-21/h6,8-10,14-15,17H,3-5,7,11-13,16H2,1-2H3. The number of hydrogen-bond donors (Lipinski definition) is 0. The minimum atomic E-state index is -3.59. The minimum absolute atomic E-state index is 0.154. The summed E-state index contributed by atoms with van der Waals surface area (Å²) in [5.41, 5.74) is 0.963. The number of carbonyl (C=O) groups is 1. The van der Waals surface area contributed by atoms with E-state index in [-0.39, 0.29) is 12.5 Å². The normalized spacial score (nSPS) is 17.9. The van der Waals surface area contributed by atoms with Crippen LogP contribution in [0.1, 0.15) is 26.7 Å². The van der Waals surface area contributed by atoms with Crippen LogP contribution in [-0.4, -0.2) is 56.1 Å². The van der Waals surface area contributed by atoms with E-state index in [1.165, 1.54) is 27.0 Å². The Kier molecular flexibility index (Phi) is 8.20. The molecule has 0 saturated carbocycles. The van der Waals surface area contributed by atoms with E-state index in [0.717, 1.165) is 16.0 Å². The van der Waals surface area contributed by atoms with Gasteiger partial charge in [-0.3, -0.25) is 4.79 Å². The lowest BCUT2D eigenvalue weighted by atomic mass is 9.99. The van der Waals surface area contributed by atoms with Crippen molar-refractivity contribution in [2.24, 2.45) is 10.9 Å². The number of amides is 1. The Morgan fingerprint density at radius 2 is 2.09 bits per heavy atom. The van der Waals surface area contributed by atoms with Crippen LogP contribution in [-0.2, 0) is 26.1 Å². The lowest BCUT2D eigenvalue weighted by molar-refractivity contribution is -0.122. The smallest absolute Gasteiger partial charge is 0.252 e. The van der Waals surface area contributed by atoms with Crippen LogP contribution in [0.15, 0.2) is 44.9 Å². The molecule has 8 nitrogen and oxygen atoms in total. The fraction of sp³-hybridized carbons (Fsp3) is 0.478. The van der Waals surface area contributed by atoms with Crippen molar-refractivity contribution in [2.45, 2.75) is 37.4 Å². The Labute approximate surface area is 207 Å². The van der Waals surface area contributed by atoms with Gasteiger partial charge >= 0.3 is 0 Å². The highest BCUT2D eigenvalue weighted by molar-refractivity contribution is 7.91. The van der Waals surface area contributed by atoms with E-state index < -0.39 is 15.9 Å². The molecule has 4 rings (SSSR count). The van der Waals surface area contributed by atoms with Crippen LogP contribution in [0.4, 0.5) is 0 Å². The van der Waals surface area contributed by atoms with E-state index in [1.807, 2.05) is 36.6 Å². The second-order valence-electron chi connectivity index (χ2n) is 7.88. The molecule has 2 aromatic heterocycles. The number of fused-ring (bicyclic) bond motifs is 1. The van der Waals surface area contributed by atoms with Gasteiger partial charge in [0.1, 0.15) is 9.96 Å². The molecule has 1 amide bonds. The first-order valence-electron chi connectivity index (χ1n) is 11.4. The van der Waals surface area contributed by atoms with Gasteiger partial charge in [0.15, 0.2) is 4.80 Å². The first kappa shape index (κ1) is 25.1. The van der Waals surface area contributed by atoms with Crippen LogP contribution in [0.2, 0.25) is 0 Å². The summed E-state index contributed by atoms with van der Waals surface area (Å²) < 4.78 is 41.7. The van der Waals surface area contributed by atoms with Gasteiger partial charge in [-0.05, 0) is 56.3 Å². The Bertz CT molecular complexity index is 1300. The molecule has 184 valence electrons. The molecule has 34 heavy (non-hydrogen) atoms. The van der Waals surface area contributed by atoms with Crippen LogP contribution >= 0.6 is 22.7 Å². The summed E-state index contributed by atoms with van der Waals surface area (Å²) in [6.45, 7) is 6.71. The molecule has 3 aromatic rings. The maximum absolute atomic E-state index is 13.2. The summed E-state index contributed by atoms with van der Waals surface area (Å²) >= 11 is 2.62. The number of thiophene rings is 1. The van der Waals surface area contributed by atoms with E-state index in [0.29, 0.717) is 54.8 Å². The van der Waals surface area contributed by atoms with Crippen molar-refractivity contribution >= 4 is 48.8 Å². The number of piperidine rings is 1. The number of carbonyl (C=O) groups excluding carboxylic acids is 1. The third-order valence-corrected chi connectivity index (χ3v) is 9.94. The van der Waals surface area contributed by atoms with Gasteiger partial charge in [0.2, 0.25) is 0 Å². The van der Waals surface area contributed by atoms with Crippen molar-refractivity contribution < 1.29 is 22.7 Å². The van der Waals surface area contributed by atoms with Crippen LogP contribution in [0.25, 0.3) is 10.2 Å². The Morgan fingerprint density at radius 1 is 1.24 bits per heavy atom. The van der Waals surface area contributed by atoms with E-state index in [2.05, 4.69) is 4.99 Å². The molecule has 0 spiro atoms. The SMILES string of the molecule is CCOCCn1c(=NC(=O)C2CCCN(S(=O)(=O)c3cccs3)C2)sc2cc(OCC)ccc21. The molecule has 1 aliphatic heterocycles. The van der Waals surface area contributed by atoms with Crippen LogP contribution < -0.4 is 9.54 Å². The molecule has 1 aromatic carbocycles. The molecule has 1 fully saturated rings. The predicted molar refractivity (Wildman–Crippen MR) is 134 cm³/mol. The molecule has 1 unspecified atom stereocenters. The van der Waals surface area contributed by atoms with Gasteiger partial charge in [0, 0.05) is 26.2 Å². The highest BCUT2D eigenvalue weighted by atomic mass is 32.2. The summed E-state index contributed by atoms with van der Waals surface area (Å²) in [5.74, 6) is 0.0219. The topological polar surface area (TPSA) is 90.2 Å². The van der Waals surface area contributed by atoms with Gasteiger partial charge < -0.3 is 14.0 Å². The number of benzene rings is 1. The van der Waals surface area contributed by atoms with Gasteiger partial charge in [-0.25, -0.2) is 8.42 Å². The van der Waals surface area contributed by atoms with E-state index in [1.54, 1.807) is 17.5 Å². The zero-order valence-electron chi connectivity index (χ0n) is 19.3. The van der Waals surface area contributed by atoms with Crippen molar-refractivity contribution in [2.75, 3.05) is 32.9 Å². The zero-order valence-corrected chi connectivity index (χ0v) is 21.8. The van der Waals surface area contributed by atoms with Gasteiger partial charge in [0.05, 0.1) is 29.3 Å². The molecule has 1 atom stereocenters. The number of aromatic nitrogens is 1. The molecule has 0 bridgehead atoms. The fourth-order valence-corrected chi connectivity index (χ4v) is 7.76. The van der Waals surface area contributed by atoms with Crippen molar-refractivity contribution in [3.05, 3.63) is 40.5 Å². The average molecular weight is 524 g/mol. The third kappa shape index (κ3) is 5.44. The predicted octanol–water partition coefficient (Wildman–Crippen LogP) is 3.73. The molecule has 1 aliphatic rings. The Hall–Kier alpha value is -2.05. The van der Waals surface area contributed by atoms with E-state index in [9.17, 15) is 13.2 Å². The van der Waals surface area contributed by atoms with Crippen LogP contribution in [0.3, 0.4) is 0 Å². The number of rotatable bonds is 9. The summed E-state index contributed by atoms with van der Waals surface area (Å²) in [6.07, 6.45) is 1.25. The van der Waals surface area contributed by atoms with E-state index in [4.69, 9.17) is 9.47 Å². The number of nitrogens with zero attached hydrogens (tertiary/aromatic N) is 3. The van der Waals surface area contributed by atoms with Gasteiger partial charge in [0.25, 0.3) is 15.9 Å². The maximum atomic E-state index is 13.2. The molecular weight excluding hydrogens is 494 g/mol. The van der Waals surface area contributed by atoms with Gasteiger partial charge in [-0.2, -0.15) is 9.30 Å². The number of sulfonamides is 1. The number of thiazole rings is 1. The summed E-state index contributed by atoms with van der Waals surface area (Å²) in [4.78, 5) is 18.3. The maximum Gasteiger partial charge on any atom is 0.252 e. The number of hydrogen-bond acceptors (Lipinski definition) is 7. The van der Waals surface area contributed by atoms with Gasteiger partial charge in [-0.1, -0.05) is 17.4 Å². The Morgan fingerprint density at radius 3 is 2.82 bits per heavy atom. The quantitative estimate of drug-likeness (QED) is 0.399. The van der Waals surface area contributed by atoms with Crippen LogP contribution in [0.5, 0.6) is 5.75 Å². The lowest BCUT2D eigenvalue weighted by Crippen LogP contribution is -2.42. The lowest BCUT2D eigenvalue weighted by Gasteiger charge is -2.29. The monoisotopic (exact) mass is 523 g/mol. The highest BCUT2D eigenvalue weighted by Gasteiger charge is 2.33. The number of ether oxygens (including phenoxy) is 2. The molecule has 0 N–H and O–H groups in total. The van der Waals surface area contributed by atoms with E-state index >= 15 is 0 Å². The van der Waals surface area contributed by atoms with Crippen molar-refractivity contribution in [1.82, 2.24) is 8.87 Å².